The van der Waals surface area contributed by atoms with Crippen LogP contribution in [0.5, 0.6) is 11.5 Å². The highest BCUT2D eigenvalue weighted by atomic mass is 16.5. The maximum absolute atomic E-state index is 5.45. The van der Waals surface area contributed by atoms with Crippen molar-refractivity contribution >= 4 is 5.69 Å². The van der Waals surface area contributed by atoms with Crippen molar-refractivity contribution < 1.29 is 9.47 Å². The first kappa shape index (κ1) is 14.0. The summed E-state index contributed by atoms with van der Waals surface area (Å²) in [5.41, 5.74) is 2.27. The zero-order chi connectivity index (χ0) is 14.2. The molecule has 2 aromatic carbocycles. The molecule has 1 N–H and O–H groups in total. The highest BCUT2D eigenvalue weighted by molar-refractivity contribution is 5.46. The Morgan fingerprint density at radius 2 is 1.65 bits per heavy atom. The summed E-state index contributed by atoms with van der Waals surface area (Å²) in [6, 6.07) is 15.9. The van der Waals surface area contributed by atoms with E-state index in [1.54, 1.807) is 13.2 Å². The van der Waals surface area contributed by atoms with Crippen molar-refractivity contribution in [3.05, 3.63) is 66.7 Å². The average Bonchev–Trinajstić information content (AvgIpc) is 2.52. The Hall–Kier alpha value is -2.42. The maximum Gasteiger partial charge on any atom is 0.119 e. The Balaban J connectivity index is 1.87. The van der Waals surface area contributed by atoms with Gasteiger partial charge in [0, 0.05) is 12.2 Å². The lowest BCUT2D eigenvalue weighted by atomic mass is 10.2. The van der Waals surface area contributed by atoms with Gasteiger partial charge >= 0.3 is 0 Å². The number of nitrogens with one attached hydrogen (secondary N) is 1. The van der Waals surface area contributed by atoms with Gasteiger partial charge in [0.2, 0.25) is 0 Å². The van der Waals surface area contributed by atoms with E-state index in [9.17, 15) is 0 Å². The molecule has 2 aromatic rings. The van der Waals surface area contributed by atoms with Crippen molar-refractivity contribution in [2.75, 3.05) is 19.0 Å². The highest BCUT2D eigenvalue weighted by Crippen LogP contribution is 2.17. The SMILES string of the molecule is C=CCOc1ccc(CNc2ccc(OC)cc2)cc1. The van der Waals surface area contributed by atoms with Crippen LogP contribution in [-0.2, 0) is 6.54 Å². The second kappa shape index (κ2) is 7.24. The first-order chi connectivity index (χ1) is 9.81. The van der Waals surface area contributed by atoms with Gasteiger partial charge < -0.3 is 14.8 Å². The molecule has 0 saturated carbocycles. The van der Waals surface area contributed by atoms with Crippen LogP contribution in [0.25, 0.3) is 0 Å². The lowest BCUT2D eigenvalue weighted by Gasteiger charge is -2.08. The summed E-state index contributed by atoms with van der Waals surface area (Å²) < 4.78 is 10.6. The molecule has 0 heterocycles. The Morgan fingerprint density at radius 3 is 2.25 bits per heavy atom. The predicted molar refractivity (Wildman–Crippen MR) is 82.5 cm³/mol. The molecule has 0 saturated heterocycles. The molecule has 0 unspecified atom stereocenters. The highest BCUT2D eigenvalue weighted by Gasteiger charge is 1.97. The Labute approximate surface area is 119 Å². The molecule has 0 aliphatic heterocycles. The van der Waals surface area contributed by atoms with E-state index in [-0.39, 0.29) is 0 Å². The Morgan fingerprint density at radius 1 is 1.00 bits per heavy atom. The number of hydrogen-bond donors (Lipinski definition) is 1. The topological polar surface area (TPSA) is 30.5 Å². The molecule has 0 fully saturated rings. The van der Waals surface area contributed by atoms with Crippen molar-refractivity contribution in [3.63, 3.8) is 0 Å². The van der Waals surface area contributed by atoms with Gasteiger partial charge in [0.05, 0.1) is 7.11 Å². The largest absolute Gasteiger partial charge is 0.497 e. The summed E-state index contributed by atoms with van der Waals surface area (Å²) in [6.07, 6.45) is 1.74. The van der Waals surface area contributed by atoms with E-state index in [1.807, 2.05) is 36.4 Å². The fourth-order valence-electron chi connectivity index (χ4n) is 1.77. The third-order valence-corrected chi connectivity index (χ3v) is 2.88. The summed E-state index contributed by atoms with van der Waals surface area (Å²) >= 11 is 0. The monoisotopic (exact) mass is 269 g/mol. The van der Waals surface area contributed by atoms with Crippen LogP contribution in [0.3, 0.4) is 0 Å². The molecule has 3 heteroatoms. The zero-order valence-electron chi connectivity index (χ0n) is 11.6. The molecule has 0 aromatic heterocycles. The maximum atomic E-state index is 5.45. The number of methoxy groups -OCH3 is 1. The molecule has 2 rings (SSSR count). The second-order valence-electron chi connectivity index (χ2n) is 4.33. The number of benzene rings is 2. The van der Waals surface area contributed by atoms with Crippen LogP contribution in [-0.4, -0.2) is 13.7 Å². The standard InChI is InChI=1S/C17H19NO2/c1-3-12-20-17-8-4-14(5-9-17)13-18-15-6-10-16(19-2)11-7-15/h3-11,18H,1,12-13H2,2H3. The Bertz CT molecular complexity index is 532. The molecule has 20 heavy (non-hydrogen) atoms. The number of ether oxygens (including phenoxy) is 2. The van der Waals surface area contributed by atoms with E-state index in [2.05, 4.69) is 24.0 Å². The first-order valence-corrected chi connectivity index (χ1v) is 6.52. The predicted octanol–water partition coefficient (Wildman–Crippen LogP) is 3.87. The summed E-state index contributed by atoms with van der Waals surface area (Å²) in [5, 5.41) is 3.36. The first-order valence-electron chi connectivity index (χ1n) is 6.52. The minimum absolute atomic E-state index is 0.531. The molecule has 104 valence electrons. The van der Waals surface area contributed by atoms with E-state index in [0.29, 0.717) is 6.61 Å². The smallest absolute Gasteiger partial charge is 0.119 e. The van der Waals surface area contributed by atoms with Gasteiger partial charge in [0.1, 0.15) is 18.1 Å². The molecule has 0 bridgehead atoms. The molecule has 0 radical (unpaired) electrons. The van der Waals surface area contributed by atoms with Gasteiger partial charge in [-0.3, -0.25) is 0 Å². The van der Waals surface area contributed by atoms with E-state index in [1.165, 1.54) is 5.56 Å². The van der Waals surface area contributed by atoms with Crippen LogP contribution >= 0.6 is 0 Å². The molecule has 0 spiro atoms. The molecule has 0 amide bonds. The zero-order valence-corrected chi connectivity index (χ0v) is 11.6. The number of anilines is 1. The van der Waals surface area contributed by atoms with Gasteiger partial charge in [-0.2, -0.15) is 0 Å². The lowest BCUT2D eigenvalue weighted by molar-refractivity contribution is 0.363. The summed E-state index contributed by atoms with van der Waals surface area (Å²) in [4.78, 5) is 0. The molecular formula is C17H19NO2. The van der Waals surface area contributed by atoms with Crippen molar-refractivity contribution in [2.24, 2.45) is 0 Å². The fraction of sp³-hybridized carbons (Fsp3) is 0.176. The second-order valence-corrected chi connectivity index (χ2v) is 4.33. The van der Waals surface area contributed by atoms with Crippen molar-refractivity contribution in [3.8, 4) is 11.5 Å². The Kier molecular flexibility index (Phi) is 5.07. The number of rotatable bonds is 7. The normalized spacial score (nSPS) is 9.85. The van der Waals surface area contributed by atoms with Crippen molar-refractivity contribution in [2.45, 2.75) is 6.54 Å². The lowest BCUT2D eigenvalue weighted by Crippen LogP contribution is -1.99. The average molecular weight is 269 g/mol. The molecular weight excluding hydrogens is 250 g/mol. The van der Waals surface area contributed by atoms with E-state index in [0.717, 1.165) is 23.7 Å². The van der Waals surface area contributed by atoms with E-state index < -0.39 is 0 Å². The van der Waals surface area contributed by atoms with Gasteiger partial charge in [-0.25, -0.2) is 0 Å². The molecule has 3 nitrogen and oxygen atoms in total. The van der Waals surface area contributed by atoms with Crippen LogP contribution < -0.4 is 14.8 Å². The minimum atomic E-state index is 0.531. The summed E-state index contributed by atoms with van der Waals surface area (Å²) in [7, 11) is 1.67. The van der Waals surface area contributed by atoms with Gasteiger partial charge in [-0.15, -0.1) is 0 Å². The summed E-state index contributed by atoms with van der Waals surface area (Å²) in [6.45, 7) is 4.93. The van der Waals surface area contributed by atoms with Crippen molar-refractivity contribution in [1.82, 2.24) is 0 Å². The number of hydrogen-bond acceptors (Lipinski definition) is 3. The quantitative estimate of drug-likeness (QED) is 0.774. The van der Waals surface area contributed by atoms with Gasteiger partial charge in [0.15, 0.2) is 0 Å². The molecule has 0 aliphatic rings. The van der Waals surface area contributed by atoms with E-state index in [4.69, 9.17) is 9.47 Å². The van der Waals surface area contributed by atoms with E-state index >= 15 is 0 Å². The van der Waals surface area contributed by atoms with Gasteiger partial charge in [-0.05, 0) is 42.0 Å². The summed E-state index contributed by atoms with van der Waals surface area (Å²) in [5.74, 6) is 1.72. The van der Waals surface area contributed by atoms with Gasteiger partial charge in [0.25, 0.3) is 0 Å². The van der Waals surface area contributed by atoms with Crippen LogP contribution in [0.15, 0.2) is 61.2 Å². The van der Waals surface area contributed by atoms with Crippen LogP contribution in [0.1, 0.15) is 5.56 Å². The van der Waals surface area contributed by atoms with Crippen LogP contribution in [0.4, 0.5) is 5.69 Å². The third-order valence-electron chi connectivity index (χ3n) is 2.88. The molecule has 0 atom stereocenters. The van der Waals surface area contributed by atoms with Crippen LogP contribution in [0, 0.1) is 0 Å². The van der Waals surface area contributed by atoms with Crippen molar-refractivity contribution in [1.29, 1.82) is 0 Å². The van der Waals surface area contributed by atoms with Crippen LogP contribution in [0.2, 0.25) is 0 Å². The molecule has 0 aliphatic carbocycles. The minimum Gasteiger partial charge on any atom is -0.497 e. The van der Waals surface area contributed by atoms with Gasteiger partial charge in [-0.1, -0.05) is 24.8 Å². The fourth-order valence-corrected chi connectivity index (χ4v) is 1.77. The third kappa shape index (κ3) is 4.05.